The zero-order valence-electron chi connectivity index (χ0n) is 14.6. The van der Waals surface area contributed by atoms with E-state index >= 15 is 0 Å². The number of carbonyl (C=O) groups is 2. The van der Waals surface area contributed by atoms with E-state index in [1.807, 2.05) is 0 Å². The fraction of sp³-hybridized carbons (Fsp3) is 0.375. The number of carboxylic acid groups (broad SMARTS) is 1. The highest BCUT2D eigenvalue weighted by atomic mass is 32.1. The van der Waals surface area contributed by atoms with E-state index in [-0.39, 0.29) is 10.3 Å². The van der Waals surface area contributed by atoms with Crippen molar-refractivity contribution in [3.63, 3.8) is 0 Å². The maximum atomic E-state index is 14.5. The van der Waals surface area contributed by atoms with E-state index in [1.165, 1.54) is 32.9 Å². The summed E-state index contributed by atoms with van der Waals surface area (Å²) in [5, 5.41) is 9.15. The summed E-state index contributed by atoms with van der Waals surface area (Å²) in [4.78, 5) is 32.2. The highest BCUT2D eigenvalue weighted by Gasteiger charge is 2.53. The molecule has 1 aromatic carbocycles. The Bertz CT molecular complexity index is 932. The van der Waals surface area contributed by atoms with E-state index in [1.54, 1.807) is 0 Å². The number of carbonyl (C=O) groups excluding carboxylic acids is 1. The molecule has 1 aromatic heterocycles. The van der Waals surface area contributed by atoms with Crippen LogP contribution in [0.15, 0.2) is 24.3 Å². The predicted molar refractivity (Wildman–Crippen MR) is 94.0 cm³/mol. The molecule has 0 spiro atoms. The third-order valence-corrected chi connectivity index (χ3v) is 5.99. The van der Waals surface area contributed by atoms with Crippen LogP contribution in [0.25, 0.3) is 10.1 Å². The maximum absolute atomic E-state index is 14.5. The molecule has 7 nitrogen and oxygen atoms in total. The van der Waals surface area contributed by atoms with Gasteiger partial charge in [-0.3, -0.25) is 13.9 Å². The van der Waals surface area contributed by atoms with E-state index in [9.17, 15) is 27.8 Å². The minimum atomic E-state index is -5.54. The maximum Gasteiger partial charge on any atom is 0.404 e. The number of benzene rings is 1. The first-order valence-corrected chi connectivity index (χ1v) is 9.95. The Labute approximate surface area is 157 Å². The summed E-state index contributed by atoms with van der Waals surface area (Å²) in [6, 6.07) is 4.26. The number of fused-ring (bicyclic) bond motifs is 1. The Morgan fingerprint density at radius 3 is 2.41 bits per heavy atom. The largest absolute Gasteiger partial charge is 0.477 e. The number of halogens is 2. The zero-order valence-corrected chi connectivity index (χ0v) is 16.3. The molecule has 2 rings (SSSR count). The Hall–Kier alpha value is -1.87. The molecule has 0 aliphatic rings. The second-order valence-corrected chi connectivity index (χ2v) is 9.60. The standard InChI is InChI=1S/C16H17F2O7PS/c1-15(2,3)14(21)24-8-25-26(22,23)16(17,18)10-4-5-11-9(6-10)7-12(27-11)13(19)20/h4-7H,8H2,1-3H3,(H,19,20)(H,22,23). The second-order valence-electron chi connectivity index (χ2n) is 6.66. The minimum absolute atomic E-state index is 0.0528. The molecule has 0 aliphatic heterocycles. The van der Waals surface area contributed by atoms with Gasteiger partial charge in [0.15, 0.2) is 0 Å². The normalized spacial score (nSPS) is 14.7. The average molecular weight is 422 g/mol. The molecule has 0 bridgehead atoms. The van der Waals surface area contributed by atoms with Crippen molar-refractivity contribution >= 4 is 41.0 Å². The van der Waals surface area contributed by atoms with Crippen molar-refractivity contribution in [1.29, 1.82) is 0 Å². The summed E-state index contributed by atoms with van der Waals surface area (Å²) < 4.78 is 50.3. The van der Waals surface area contributed by atoms with Gasteiger partial charge in [0.05, 0.1) is 5.41 Å². The highest BCUT2D eigenvalue weighted by Crippen LogP contribution is 2.63. The molecule has 11 heteroatoms. The van der Waals surface area contributed by atoms with Crippen molar-refractivity contribution in [3.05, 3.63) is 34.7 Å². The van der Waals surface area contributed by atoms with Crippen LogP contribution in [0, 0.1) is 5.41 Å². The molecular formula is C16H17F2O7PS. The van der Waals surface area contributed by atoms with Gasteiger partial charge in [-0.15, -0.1) is 11.3 Å². The number of alkyl halides is 2. The molecule has 27 heavy (non-hydrogen) atoms. The van der Waals surface area contributed by atoms with E-state index < -0.39 is 43.0 Å². The van der Waals surface area contributed by atoms with E-state index in [4.69, 9.17) is 5.11 Å². The van der Waals surface area contributed by atoms with Crippen LogP contribution in [0.5, 0.6) is 0 Å². The first kappa shape index (κ1) is 21.4. The van der Waals surface area contributed by atoms with Crippen LogP contribution < -0.4 is 0 Å². The monoisotopic (exact) mass is 422 g/mol. The lowest BCUT2D eigenvalue weighted by Gasteiger charge is -2.23. The van der Waals surface area contributed by atoms with Gasteiger partial charge >= 0.3 is 25.2 Å². The van der Waals surface area contributed by atoms with Gasteiger partial charge in [-0.1, -0.05) is 6.07 Å². The van der Waals surface area contributed by atoms with Crippen LogP contribution in [-0.4, -0.2) is 28.7 Å². The second kappa shape index (κ2) is 7.27. The SMILES string of the molecule is CC(C)(C)C(=O)OCOP(=O)(O)C(F)(F)c1ccc2sc(C(=O)O)cc2c1. The van der Waals surface area contributed by atoms with Gasteiger partial charge in [0, 0.05) is 10.3 Å². The molecule has 1 unspecified atom stereocenters. The predicted octanol–water partition coefficient (Wildman–Crippen LogP) is 4.40. The van der Waals surface area contributed by atoms with Crippen molar-refractivity contribution in [2.75, 3.05) is 6.79 Å². The van der Waals surface area contributed by atoms with Gasteiger partial charge in [-0.05, 0) is 44.4 Å². The molecule has 0 radical (unpaired) electrons. The van der Waals surface area contributed by atoms with Crippen LogP contribution >= 0.6 is 18.9 Å². The Kier molecular flexibility index (Phi) is 5.77. The summed E-state index contributed by atoms with van der Waals surface area (Å²) in [7, 11) is -5.54. The molecule has 0 saturated heterocycles. The lowest BCUT2D eigenvalue weighted by Crippen LogP contribution is -2.24. The van der Waals surface area contributed by atoms with Crippen LogP contribution in [-0.2, 0) is 24.3 Å². The zero-order chi connectivity index (χ0) is 20.6. The van der Waals surface area contributed by atoms with Gasteiger partial charge in [-0.25, -0.2) is 4.79 Å². The number of aromatic carboxylic acids is 1. The summed E-state index contributed by atoms with van der Waals surface area (Å²) in [5.41, 5.74) is -6.05. The fourth-order valence-electron chi connectivity index (χ4n) is 1.95. The van der Waals surface area contributed by atoms with Crippen molar-refractivity contribution in [2.45, 2.75) is 26.4 Å². The van der Waals surface area contributed by atoms with Gasteiger partial charge < -0.3 is 14.7 Å². The Morgan fingerprint density at radius 1 is 1.22 bits per heavy atom. The van der Waals surface area contributed by atoms with Crippen molar-refractivity contribution in [3.8, 4) is 0 Å². The number of ether oxygens (including phenoxy) is 1. The number of hydrogen-bond acceptors (Lipinski definition) is 6. The van der Waals surface area contributed by atoms with Gasteiger partial charge in [0.1, 0.15) is 4.88 Å². The first-order chi connectivity index (χ1) is 12.3. The molecular weight excluding hydrogens is 405 g/mol. The highest BCUT2D eigenvalue weighted by molar-refractivity contribution is 7.53. The van der Waals surface area contributed by atoms with Crippen molar-refractivity contribution in [1.82, 2.24) is 0 Å². The van der Waals surface area contributed by atoms with E-state index in [0.29, 0.717) is 4.70 Å². The number of esters is 1. The third kappa shape index (κ3) is 4.52. The van der Waals surface area contributed by atoms with Crippen molar-refractivity contribution < 1.29 is 42.2 Å². The summed E-state index contributed by atoms with van der Waals surface area (Å²) in [6.45, 7) is 3.45. The van der Waals surface area contributed by atoms with Gasteiger partial charge in [-0.2, -0.15) is 8.78 Å². The van der Waals surface area contributed by atoms with Crippen LogP contribution in [0.4, 0.5) is 8.78 Å². The van der Waals surface area contributed by atoms with Crippen LogP contribution in [0.2, 0.25) is 0 Å². The number of thiophene rings is 1. The third-order valence-electron chi connectivity index (χ3n) is 3.46. The lowest BCUT2D eigenvalue weighted by molar-refractivity contribution is -0.160. The molecule has 2 N–H and O–H groups in total. The summed E-state index contributed by atoms with van der Waals surface area (Å²) >= 11 is 0.887. The van der Waals surface area contributed by atoms with Crippen molar-refractivity contribution in [2.24, 2.45) is 5.41 Å². The minimum Gasteiger partial charge on any atom is -0.477 e. The number of rotatable bonds is 6. The fourth-order valence-corrected chi connectivity index (χ4v) is 3.65. The first-order valence-electron chi connectivity index (χ1n) is 7.55. The molecule has 1 heterocycles. The Morgan fingerprint density at radius 2 is 1.85 bits per heavy atom. The quantitative estimate of drug-likeness (QED) is 0.403. The van der Waals surface area contributed by atoms with E-state index in [2.05, 4.69) is 9.26 Å². The number of carboxylic acids is 1. The van der Waals surface area contributed by atoms with Crippen LogP contribution in [0.1, 0.15) is 36.0 Å². The summed E-state index contributed by atoms with van der Waals surface area (Å²) in [5.74, 6) is -1.99. The molecule has 0 fully saturated rings. The van der Waals surface area contributed by atoms with Crippen LogP contribution in [0.3, 0.4) is 0 Å². The van der Waals surface area contributed by atoms with Gasteiger partial charge in [0.25, 0.3) is 0 Å². The Balaban J connectivity index is 2.22. The summed E-state index contributed by atoms with van der Waals surface area (Å²) in [6.07, 6.45) is 0. The molecule has 148 valence electrons. The molecule has 0 amide bonds. The molecule has 0 saturated carbocycles. The molecule has 1 atom stereocenters. The molecule has 0 aliphatic carbocycles. The lowest BCUT2D eigenvalue weighted by atomic mass is 9.98. The number of hydrogen-bond donors (Lipinski definition) is 2. The smallest absolute Gasteiger partial charge is 0.404 e. The topological polar surface area (TPSA) is 110 Å². The average Bonchev–Trinajstić information content (AvgIpc) is 2.96. The van der Waals surface area contributed by atoms with Gasteiger partial charge in [0.2, 0.25) is 6.79 Å². The molecule has 2 aromatic rings. The van der Waals surface area contributed by atoms with E-state index in [0.717, 1.165) is 23.5 Å².